The number of benzene rings is 3. The molecular formula is C26H26N4O5. The van der Waals surface area contributed by atoms with Crippen LogP contribution >= 0.6 is 0 Å². The minimum Gasteiger partial charge on any atom is -0.490 e. The lowest BCUT2D eigenvalue weighted by molar-refractivity contribution is -0.385. The van der Waals surface area contributed by atoms with Crippen molar-refractivity contribution >= 4 is 28.9 Å². The number of methoxy groups -OCH3 is 1. The highest BCUT2D eigenvalue weighted by Gasteiger charge is 2.22. The van der Waals surface area contributed by atoms with Crippen LogP contribution in [-0.4, -0.2) is 54.9 Å². The molecule has 0 atom stereocenters. The van der Waals surface area contributed by atoms with Gasteiger partial charge in [0.25, 0.3) is 11.8 Å². The highest BCUT2D eigenvalue weighted by molar-refractivity contribution is 6.05. The fourth-order valence-electron chi connectivity index (χ4n) is 3.98. The first-order valence-electron chi connectivity index (χ1n) is 11.2. The first kappa shape index (κ1) is 23.7. The number of ether oxygens (including phenoxy) is 1. The quantitative estimate of drug-likeness (QED) is 0.426. The Morgan fingerprint density at radius 3 is 2.14 bits per heavy atom. The molecule has 0 radical (unpaired) electrons. The molecule has 0 spiro atoms. The molecule has 3 aromatic rings. The summed E-state index contributed by atoms with van der Waals surface area (Å²) >= 11 is 0. The maximum atomic E-state index is 12.7. The van der Waals surface area contributed by atoms with E-state index >= 15 is 0 Å². The molecule has 0 unspecified atom stereocenters. The van der Waals surface area contributed by atoms with E-state index in [9.17, 15) is 19.7 Å². The van der Waals surface area contributed by atoms with Crippen LogP contribution in [0.15, 0.2) is 66.7 Å². The zero-order chi connectivity index (χ0) is 24.9. The average molecular weight is 475 g/mol. The van der Waals surface area contributed by atoms with Crippen LogP contribution in [0.3, 0.4) is 0 Å². The molecule has 9 heteroatoms. The van der Waals surface area contributed by atoms with Gasteiger partial charge in [-0.15, -0.1) is 0 Å². The number of hydrogen-bond acceptors (Lipinski definition) is 6. The number of piperazine rings is 1. The zero-order valence-electron chi connectivity index (χ0n) is 19.6. The highest BCUT2D eigenvalue weighted by atomic mass is 16.6. The highest BCUT2D eigenvalue weighted by Crippen LogP contribution is 2.28. The number of aryl methyl sites for hydroxylation is 1. The number of nitrogens with one attached hydrogen (secondary N) is 1. The van der Waals surface area contributed by atoms with E-state index in [1.54, 1.807) is 12.1 Å². The Bertz CT molecular complexity index is 1230. The summed E-state index contributed by atoms with van der Waals surface area (Å²) < 4.78 is 4.98. The lowest BCUT2D eigenvalue weighted by atomic mass is 10.1. The van der Waals surface area contributed by atoms with Gasteiger partial charge in [0.1, 0.15) is 0 Å². The molecule has 0 bridgehead atoms. The summed E-state index contributed by atoms with van der Waals surface area (Å²) in [6.07, 6.45) is 0. The normalized spacial score (nSPS) is 13.3. The van der Waals surface area contributed by atoms with Crippen LogP contribution in [0, 0.1) is 17.0 Å². The molecule has 3 aromatic carbocycles. The largest absolute Gasteiger partial charge is 0.490 e. The Balaban J connectivity index is 1.35. The second-order valence-electron chi connectivity index (χ2n) is 8.29. The number of nitro groups is 1. The van der Waals surface area contributed by atoms with Gasteiger partial charge in [-0.05, 0) is 55.5 Å². The van der Waals surface area contributed by atoms with Crippen molar-refractivity contribution in [2.45, 2.75) is 6.92 Å². The summed E-state index contributed by atoms with van der Waals surface area (Å²) in [6, 6.07) is 19.1. The summed E-state index contributed by atoms with van der Waals surface area (Å²) in [5.74, 6) is -0.315. The van der Waals surface area contributed by atoms with E-state index in [0.717, 1.165) is 11.3 Å². The van der Waals surface area contributed by atoms with Crippen molar-refractivity contribution in [1.29, 1.82) is 0 Å². The van der Waals surface area contributed by atoms with Gasteiger partial charge in [-0.2, -0.15) is 0 Å². The fourth-order valence-corrected chi connectivity index (χ4v) is 3.98. The summed E-state index contributed by atoms with van der Waals surface area (Å²) in [4.78, 5) is 40.0. The summed E-state index contributed by atoms with van der Waals surface area (Å²) in [7, 11) is 1.34. The number of amides is 2. The van der Waals surface area contributed by atoms with Gasteiger partial charge in [0.2, 0.25) is 0 Å². The summed E-state index contributed by atoms with van der Waals surface area (Å²) in [5, 5.41) is 14.0. The molecule has 0 aromatic heterocycles. The first-order valence-corrected chi connectivity index (χ1v) is 11.2. The molecule has 1 N–H and O–H groups in total. The van der Waals surface area contributed by atoms with Crippen molar-refractivity contribution in [3.05, 3.63) is 93.5 Å². The van der Waals surface area contributed by atoms with Crippen LogP contribution in [0.1, 0.15) is 26.3 Å². The molecule has 0 saturated carbocycles. The van der Waals surface area contributed by atoms with Crippen molar-refractivity contribution in [2.24, 2.45) is 0 Å². The third-order valence-corrected chi connectivity index (χ3v) is 5.99. The number of hydrogen-bond donors (Lipinski definition) is 1. The maximum absolute atomic E-state index is 12.7. The van der Waals surface area contributed by atoms with Crippen molar-refractivity contribution in [3.63, 3.8) is 0 Å². The maximum Gasteiger partial charge on any atom is 0.311 e. The Labute approximate surface area is 203 Å². The molecule has 9 nitrogen and oxygen atoms in total. The molecular weight excluding hydrogens is 448 g/mol. The lowest BCUT2D eigenvalue weighted by Crippen LogP contribution is -2.48. The molecule has 4 rings (SSSR count). The monoisotopic (exact) mass is 474 g/mol. The molecule has 1 aliphatic rings. The summed E-state index contributed by atoms with van der Waals surface area (Å²) in [5.41, 5.74) is 3.28. The van der Waals surface area contributed by atoms with E-state index in [2.05, 4.69) is 10.2 Å². The second kappa shape index (κ2) is 10.3. The van der Waals surface area contributed by atoms with E-state index < -0.39 is 10.8 Å². The van der Waals surface area contributed by atoms with E-state index in [0.29, 0.717) is 37.4 Å². The average Bonchev–Trinajstić information content (AvgIpc) is 2.89. The van der Waals surface area contributed by atoms with Crippen LogP contribution in [0.2, 0.25) is 0 Å². The van der Waals surface area contributed by atoms with Gasteiger partial charge in [0.05, 0.1) is 12.0 Å². The molecule has 1 fully saturated rings. The van der Waals surface area contributed by atoms with Crippen molar-refractivity contribution in [2.75, 3.05) is 43.5 Å². The standard InChI is InChI=1S/C26H26N4O5/c1-18-3-5-19(6-4-18)26(32)29-15-13-28(14-16-29)22-10-8-21(9-11-22)27-25(31)20-7-12-24(35-2)23(17-20)30(33)34/h3-12,17H,13-16H2,1-2H3,(H,27,31). The van der Waals surface area contributed by atoms with Gasteiger partial charge in [0, 0.05) is 54.7 Å². The molecule has 0 aliphatic carbocycles. The van der Waals surface area contributed by atoms with Crippen LogP contribution in [0.25, 0.3) is 0 Å². The number of carbonyl (C=O) groups is 2. The Kier molecular flexibility index (Phi) is 6.96. The molecule has 1 saturated heterocycles. The number of nitro benzene ring substituents is 1. The first-order chi connectivity index (χ1) is 16.9. The number of nitrogens with zero attached hydrogens (tertiary/aromatic N) is 3. The van der Waals surface area contributed by atoms with E-state index in [1.165, 1.54) is 25.3 Å². The number of anilines is 2. The van der Waals surface area contributed by atoms with E-state index in [4.69, 9.17) is 4.74 Å². The lowest BCUT2D eigenvalue weighted by Gasteiger charge is -2.36. The van der Waals surface area contributed by atoms with Crippen LogP contribution in [0.4, 0.5) is 17.1 Å². The van der Waals surface area contributed by atoms with Crippen molar-refractivity contribution in [1.82, 2.24) is 4.90 Å². The minimum atomic E-state index is -0.585. The van der Waals surface area contributed by atoms with Crippen molar-refractivity contribution in [3.8, 4) is 5.75 Å². The molecule has 1 heterocycles. The van der Waals surface area contributed by atoms with Gasteiger partial charge in [-0.3, -0.25) is 19.7 Å². The predicted octanol–water partition coefficient (Wildman–Crippen LogP) is 4.13. The van der Waals surface area contributed by atoms with Crippen LogP contribution in [-0.2, 0) is 0 Å². The van der Waals surface area contributed by atoms with Gasteiger partial charge in [0.15, 0.2) is 5.75 Å². The molecule has 35 heavy (non-hydrogen) atoms. The topological polar surface area (TPSA) is 105 Å². The van der Waals surface area contributed by atoms with Gasteiger partial charge >= 0.3 is 5.69 Å². The van der Waals surface area contributed by atoms with E-state index in [-0.39, 0.29) is 22.9 Å². The Morgan fingerprint density at radius 2 is 1.54 bits per heavy atom. The third-order valence-electron chi connectivity index (χ3n) is 5.99. The molecule has 1 aliphatic heterocycles. The second-order valence-corrected chi connectivity index (χ2v) is 8.29. The minimum absolute atomic E-state index is 0.0430. The SMILES string of the molecule is COc1ccc(C(=O)Nc2ccc(N3CCN(C(=O)c4ccc(C)cc4)CC3)cc2)cc1[N+](=O)[O-]. The van der Waals surface area contributed by atoms with Crippen molar-refractivity contribution < 1.29 is 19.2 Å². The molecule has 2 amide bonds. The Hall–Kier alpha value is -4.40. The molecule has 180 valence electrons. The summed E-state index contributed by atoms with van der Waals surface area (Å²) in [6.45, 7) is 4.66. The van der Waals surface area contributed by atoms with Gasteiger partial charge in [-0.25, -0.2) is 0 Å². The van der Waals surface area contributed by atoms with Gasteiger partial charge in [-0.1, -0.05) is 17.7 Å². The zero-order valence-corrected chi connectivity index (χ0v) is 19.6. The smallest absolute Gasteiger partial charge is 0.311 e. The van der Waals surface area contributed by atoms with Gasteiger partial charge < -0.3 is 19.9 Å². The number of carbonyl (C=O) groups excluding carboxylic acids is 2. The van der Waals surface area contributed by atoms with E-state index in [1.807, 2.05) is 48.2 Å². The van der Waals surface area contributed by atoms with Crippen LogP contribution in [0.5, 0.6) is 5.75 Å². The van der Waals surface area contributed by atoms with Crippen LogP contribution < -0.4 is 15.0 Å². The number of rotatable bonds is 6. The third kappa shape index (κ3) is 5.40. The fraction of sp³-hybridized carbons (Fsp3) is 0.231. The predicted molar refractivity (Wildman–Crippen MR) is 133 cm³/mol. The Morgan fingerprint density at radius 1 is 0.914 bits per heavy atom.